The average Bonchev–Trinajstić information content (AvgIpc) is 4.03. The largest absolute Gasteiger partial charge is 0.456 e. The predicted molar refractivity (Wildman–Crippen MR) is 251 cm³/mol. The summed E-state index contributed by atoms with van der Waals surface area (Å²) >= 11 is 0. The van der Waals surface area contributed by atoms with E-state index >= 15 is 0 Å². The lowest BCUT2D eigenvalue weighted by Crippen LogP contribution is -2.04. The molecule has 0 aliphatic carbocycles. The highest BCUT2D eigenvalue weighted by Gasteiger charge is 2.23. The zero-order chi connectivity index (χ0) is 41.4. The number of fused-ring (bicyclic) bond motifs is 9. The lowest BCUT2D eigenvalue weighted by molar-refractivity contribution is 0.667. The number of para-hydroxylation sites is 4. The minimum absolute atomic E-state index is 0.500. The molecular weight excluding hydrogens is 777 g/mol. The fourth-order valence-corrected chi connectivity index (χ4v) is 8.95. The third-order valence-electron chi connectivity index (χ3n) is 11.9. The van der Waals surface area contributed by atoms with Gasteiger partial charge in [-0.15, -0.1) is 0 Å². The Bertz CT molecular complexity index is 3870. The minimum atomic E-state index is 0.500. The summed E-state index contributed by atoms with van der Waals surface area (Å²) in [4.78, 5) is 26.3. The van der Waals surface area contributed by atoms with Crippen LogP contribution in [0.4, 0.5) is 0 Å². The summed E-state index contributed by atoms with van der Waals surface area (Å²) in [6.45, 7) is 0. The van der Waals surface area contributed by atoms with Crippen molar-refractivity contribution in [3.63, 3.8) is 0 Å². The molecule has 5 aromatic heterocycles. The number of aromatic nitrogens is 6. The summed E-state index contributed by atoms with van der Waals surface area (Å²) in [7, 11) is 0. The van der Waals surface area contributed by atoms with E-state index in [1.54, 1.807) is 0 Å². The van der Waals surface area contributed by atoms with Crippen LogP contribution in [0.1, 0.15) is 0 Å². The summed E-state index contributed by atoms with van der Waals surface area (Å²) in [6, 6.07) is 65.8. The Morgan fingerprint density at radius 2 is 0.857 bits per heavy atom. The quantitative estimate of drug-likeness (QED) is 0.165. The number of furan rings is 2. The molecule has 13 rings (SSSR count). The van der Waals surface area contributed by atoms with Gasteiger partial charge in [0, 0.05) is 54.7 Å². The van der Waals surface area contributed by atoms with Gasteiger partial charge in [0.05, 0.1) is 16.7 Å². The normalized spacial score (nSPS) is 11.8. The van der Waals surface area contributed by atoms with Crippen molar-refractivity contribution in [2.45, 2.75) is 0 Å². The molecule has 0 bridgehead atoms. The molecule has 8 aromatic carbocycles. The van der Waals surface area contributed by atoms with Crippen molar-refractivity contribution < 1.29 is 8.83 Å². The maximum atomic E-state index is 6.46. The Morgan fingerprint density at radius 3 is 1.59 bits per heavy atom. The summed E-state index contributed by atoms with van der Waals surface area (Å²) < 4.78 is 15.1. The standard InChI is InChI=1S/C55H32N6O2/c1-3-15-33(16-4-1)49-51-50(41-22-10-14-26-47(41)63-51)57-53(56-49)35-28-30-45(61-43-23-11-7-19-37(43)38-20-8-12-24-44(38)61)42(31-35)55-59-52(34-17-5-2-6-18-34)58-54(60-55)36-27-29-40-39-21-9-13-25-46(39)62-48(40)32-36/h1-32H. The van der Waals surface area contributed by atoms with Gasteiger partial charge in [-0.05, 0) is 60.7 Å². The van der Waals surface area contributed by atoms with E-state index in [0.717, 1.165) is 99.4 Å². The fourth-order valence-electron chi connectivity index (χ4n) is 8.95. The van der Waals surface area contributed by atoms with Gasteiger partial charge < -0.3 is 13.4 Å². The first-order valence-corrected chi connectivity index (χ1v) is 20.8. The van der Waals surface area contributed by atoms with Crippen LogP contribution in [-0.2, 0) is 0 Å². The summed E-state index contributed by atoms with van der Waals surface area (Å²) in [5.74, 6) is 2.12. The molecule has 63 heavy (non-hydrogen) atoms. The zero-order valence-electron chi connectivity index (χ0n) is 33.5. The van der Waals surface area contributed by atoms with Crippen LogP contribution in [0.15, 0.2) is 203 Å². The van der Waals surface area contributed by atoms with Crippen molar-refractivity contribution in [2.75, 3.05) is 0 Å². The van der Waals surface area contributed by atoms with Crippen molar-refractivity contribution in [2.24, 2.45) is 0 Å². The van der Waals surface area contributed by atoms with Crippen LogP contribution in [0.25, 0.3) is 128 Å². The molecule has 294 valence electrons. The van der Waals surface area contributed by atoms with Gasteiger partial charge in [0.1, 0.15) is 28.0 Å². The topological polar surface area (TPSA) is 95.7 Å². The highest BCUT2D eigenvalue weighted by atomic mass is 16.3. The van der Waals surface area contributed by atoms with Crippen molar-refractivity contribution in [1.82, 2.24) is 29.5 Å². The van der Waals surface area contributed by atoms with Crippen molar-refractivity contribution in [3.05, 3.63) is 194 Å². The van der Waals surface area contributed by atoms with Crippen LogP contribution in [-0.4, -0.2) is 29.5 Å². The van der Waals surface area contributed by atoms with Gasteiger partial charge in [0.25, 0.3) is 0 Å². The highest BCUT2D eigenvalue weighted by Crippen LogP contribution is 2.40. The first-order valence-electron chi connectivity index (χ1n) is 20.8. The molecule has 0 saturated heterocycles. The van der Waals surface area contributed by atoms with E-state index in [1.165, 1.54) is 0 Å². The van der Waals surface area contributed by atoms with Crippen molar-refractivity contribution in [1.29, 1.82) is 0 Å². The van der Waals surface area contributed by atoms with Gasteiger partial charge in [0.2, 0.25) is 0 Å². The van der Waals surface area contributed by atoms with Crippen molar-refractivity contribution in [3.8, 4) is 62.5 Å². The second kappa shape index (κ2) is 13.9. The van der Waals surface area contributed by atoms with Crippen LogP contribution in [0.2, 0.25) is 0 Å². The van der Waals surface area contributed by atoms with E-state index in [9.17, 15) is 0 Å². The van der Waals surface area contributed by atoms with E-state index < -0.39 is 0 Å². The van der Waals surface area contributed by atoms with Crippen molar-refractivity contribution >= 4 is 65.8 Å². The molecule has 0 spiro atoms. The van der Waals surface area contributed by atoms with Gasteiger partial charge in [-0.2, -0.15) is 0 Å². The fraction of sp³-hybridized carbons (Fsp3) is 0. The first-order chi connectivity index (χ1) is 31.2. The molecule has 5 heterocycles. The molecule has 0 amide bonds. The maximum Gasteiger partial charge on any atom is 0.180 e. The summed E-state index contributed by atoms with van der Waals surface area (Å²) in [6.07, 6.45) is 0. The second-order valence-electron chi connectivity index (χ2n) is 15.6. The number of rotatable bonds is 6. The van der Waals surface area contributed by atoms with E-state index in [2.05, 4.69) is 102 Å². The SMILES string of the molecule is c1ccc(-c2nc(-c3ccc4c(c3)oc3ccccc34)nc(-c3cc(-c4nc(-c5ccccc5)c5oc6ccccc6c5n4)ccc3-n3c4ccccc4c4ccccc43)n2)cc1. The van der Waals surface area contributed by atoms with Crippen LogP contribution < -0.4 is 0 Å². The zero-order valence-corrected chi connectivity index (χ0v) is 33.5. The molecule has 0 fully saturated rings. The number of nitrogens with zero attached hydrogens (tertiary/aromatic N) is 6. The van der Waals surface area contributed by atoms with Gasteiger partial charge >= 0.3 is 0 Å². The van der Waals surface area contributed by atoms with E-state index in [4.69, 9.17) is 33.8 Å². The highest BCUT2D eigenvalue weighted by molar-refractivity contribution is 6.10. The second-order valence-corrected chi connectivity index (χ2v) is 15.6. The van der Waals surface area contributed by atoms with Gasteiger partial charge in [-0.25, -0.2) is 24.9 Å². The summed E-state index contributed by atoms with van der Waals surface area (Å²) in [5.41, 5.74) is 11.7. The third-order valence-corrected chi connectivity index (χ3v) is 11.9. The molecule has 8 nitrogen and oxygen atoms in total. The lowest BCUT2D eigenvalue weighted by atomic mass is 10.0. The Morgan fingerprint density at radius 1 is 0.333 bits per heavy atom. The van der Waals surface area contributed by atoms with E-state index in [-0.39, 0.29) is 0 Å². The summed E-state index contributed by atoms with van der Waals surface area (Å²) in [5, 5.41) is 5.32. The van der Waals surface area contributed by atoms with Crippen LogP contribution in [0.3, 0.4) is 0 Å². The average molecular weight is 809 g/mol. The molecule has 0 saturated carbocycles. The van der Waals surface area contributed by atoms with E-state index in [0.29, 0.717) is 28.9 Å². The molecule has 0 atom stereocenters. The molecule has 0 radical (unpaired) electrons. The van der Waals surface area contributed by atoms with Gasteiger partial charge in [-0.3, -0.25) is 0 Å². The van der Waals surface area contributed by atoms with E-state index in [1.807, 2.05) is 97.1 Å². The minimum Gasteiger partial charge on any atom is -0.456 e. The molecular formula is C55H32N6O2. The molecule has 13 aromatic rings. The van der Waals surface area contributed by atoms with Gasteiger partial charge in [0.15, 0.2) is 28.9 Å². The molecule has 0 N–H and O–H groups in total. The van der Waals surface area contributed by atoms with Gasteiger partial charge in [-0.1, -0.05) is 133 Å². The first kappa shape index (κ1) is 35.0. The monoisotopic (exact) mass is 808 g/mol. The predicted octanol–water partition coefficient (Wildman–Crippen LogP) is 13.9. The Balaban J connectivity index is 1.10. The van der Waals surface area contributed by atoms with Crippen LogP contribution in [0, 0.1) is 0 Å². The smallest absolute Gasteiger partial charge is 0.180 e. The lowest BCUT2D eigenvalue weighted by Gasteiger charge is -2.16. The van der Waals surface area contributed by atoms with Crippen LogP contribution in [0.5, 0.6) is 0 Å². The molecule has 0 aliphatic rings. The molecule has 0 aliphatic heterocycles. The van der Waals surface area contributed by atoms with Crippen LogP contribution >= 0.6 is 0 Å². The Labute approximate surface area is 359 Å². The molecule has 8 heteroatoms. The molecule has 0 unspecified atom stereocenters. The number of hydrogen-bond donors (Lipinski definition) is 0. The Kier molecular flexibility index (Phi) is 7.74. The number of hydrogen-bond acceptors (Lipinski definition) is 7. The maximum absolute atomic E-state index is 6.46. The number of benzene rings is 8. The third kappa shape index (κ3) is 5.66. The Hall–Kier alpha value is -8.75.